The summed E-state index contributed by atoms with van der Waals surface area (Å²) < 4.78 is 13.5. The number of anilines is 1. The third-order valence-corrected chi connectivity index (χ3v) is 2.85. The number of halogens is 1. The molecule has 1 amide bonds. The molecule has 0 aliphatic carbocycles. The Morgan fingerprint density at radius 3 is 2.89 bits per heavy atom. The summed E-state index contributed by atoms with van der Waals surface area (Å²) in [6, 6.07) is 3.15. The van der Waals surface area contributed by atoms with Gasteiger partial charge in [-0.3, -0.25) is 14.9 Å². The van der Waals surface area contributed by atoms with Gasteiger partial charge in [-0.05, 0) is 19.0 Å². The minimum Gasteiger partial charge on any atom is -0.323 e. The van der Waals surface area contributed by atoms with Crippen molar-refractivity contribution in [3.05, 3.63) is 34.1 Å². The van der Waals surface area contributed by atoms with Gasteiger partial charge in [0.1, 0.15) is 0 Å². The summed E-state index contributed by atoms with van der Waals surface area (Å²) in [6.07, 6.45) is 0.709. The lowest BCUT2D eigenvalue weighted by Crippen LogP contribution is -2.25. The van der Waals surface area contributed by atoms with Gasteiger partial charge in [0.15, 0.2) is 5.82 Å². The van der Waals surface area contributed by atoms with Crippen LogP contribution in [0.5, 0.6) is 0 Å². The minimum atomic E-state index is -0.802. The maximum absolute atomic E-state index is 13.5. The molecule has 1 aliphatic rings. The van der Waals surface area contributed by atoms with Gasteiger partial charge in [0.25, 0.3) is 5.69 Å². The predicted octanol–water partition coefficient (Wildman–Crippen LogP) is 1.28. The van der Waals surface area contributed by atoms with Crippen LogP contribution in [0.1, 0.15) is 6.42 Å². The van der Waals surface area contributed by atoms with Gasteiger partial charge in [-0.25, -0.2) is 4.39 Å². The number of nitrogens with one attached hydrogen (secondary N) is 2. The monoisotopic (exact) mass is 253 g/mol. The van der Waals surface area contributed by atoms with Crippen molar-refractivity contribution in [2.45, 2.75) is 6.42 Å². The van der Waals surface area contributed by atoms with E-state index >= 15 is 0 Å². The first-order valence-corrected chi connectivity index (χ1v) is 5.53. The van der Waals surface area contributed by atoms with Crippen molar-refractivity contribution in [2.75, 3.05) is 18.4 Å². The predicted molar refractivity (Wildman–Crippen MR) is 62.7 cm³/mol. The number of hydrogen-bond acceptors (Lipinski definition) is 4. The fraction of sp³-hybridized carbons (Fsp3) is 0.364. The van der Waals surface area contributed by atoms with Crippen LogP contribution in [0, 0.1) is 21.8 Å². The Kier molecular flexibility index (Phi) is 3.52. The number of carbonyl (C=O) groups is 1. The molecule has 1 aromatic rings. The van der Waals surface area contributed by atoms with Crippen LogP contribution >= 0.6 is 0 Å². The van der Waals surface area contributed by atoms with Crippen molar-refractivity contribution >= 4 is 17.3 Å². The number of amides is 1. The van der Waals surface area contributed by atoms with Gasteiger partial charge in [0.05, 0.1) is 22.6 Å². The van der Waals surface area contributed by atoms with Crippen molar-refractivity contribution in [3.8, 4) is 0 Å². The Morgan fingerprint density at radius 2 is 2.33 bits per heavy atom. The molecule has 18 heavy (non-hydrogen) atoms. The molecule has 0 spiro atoms. The molecule has 0 saturated carbocycles. The number of rotatable bonds is 3. The zero-order valence-electron chi connectivity index (χ0n) is 9.48. The Balaban J connectivity index is 2.09. The number of hydrogen-bond donors (Lipinski definition) is 2. The lowest BCUT2D eigenvalue weighted by atomic mass is 10.1. The molecule has 7 heteroatoms. The molecule has 1 fully saturated rings. The van der Waals surface area contributed by atoms with E-state index in [9.17, 15) is 19.3 Å². The van der Waals surface area contributed by atoms with E-state index in [-0.39, 0.29) is 23.2 Å². The molecule has 2 rings (SSSR count). The highest BCUT2D eigenvalue weighted by Gasteiger charge is 2.23. The van der Waals surface area contributed by atoms with E-state index in [1.165, 1.54) is 6.07 Å². The largest absolute Gasteiger partial charge is 0.323 e. The SMILES string of the molecule is O=C(Nc1ccc([N+](=O)[O-])cc1F)C1CCNC1. The van der Waals surface area contributed by atoms with E-state index in [1.807, 2.05) is 0 Å². The maximum atomic E-state index is 13.5. The van der Waals surface area contributed by atoms with Gasteiger partial charge in [-0.1, -0.05) is 0 Å². The summed E-state index contributed by atoms with van der Waals surface area (Å²) in [5, 5.41) is 15.9. The summed E-state index contributed by atoms with van der Waals surface area (Å²) in [7, 11) is 0. The molecule has 6 nitrogen and oxygen atoms in total. The molecule has 96 valence electrons. The van der Waals surface area contributed by atoms with E-state index in [0.29, 0.717) is 13.0 Å². The average molecular weight is 253 g/mol. The van der Waals surface area contributed by atoms with Crippen molar-refractivity contribution < 1.29 is 14.1 Å². The quantitative estimate of drug-likeness (QED) is 0.627. The first kappa shape index (κ1) is 12.4. The zero-order valence-corrected chi connectivity index (χ0v) is 9.48. The van der Waals surface area contributed by atoms with Crippen LogP contribution in [0.4, 0.5) is 15.8 Å². The van der Waals surface area contributed by atoms with E-state index in [0.717, 1.165) is 18.7 Å². The normalized spacial score (nSPS) is 18.6. The molecule has 0 bridgehead atoms. The number of nitrogens with zero attached hydrogens (tertiary/aromatic N) is 1. The number of nitro benzene ring substituents is 1. The lowest BCUT2D eigenvalue weighted by molar-refractivity contribution is -0.385. The second-order valence-electron chi connectivity index (χ2n) is 4.10. The van der Waals surface area contributed by atoms with Gasteiger partial charge >= 0.3 is 0 Å². The molecule has 1 saturated heterocycles. The van der Waals surface area contributed by atoms with Crippen LogP contribution in [0.25, 0.3) is 0 Å². The van der Waals surface area contributed by atoms with Crippen molar-refractivity contribution in [3.63, 3.8) is 0 Å². The van der Waals surface area contributed by atoms with Crippen molar-refractivity contribution in [1.82, 2.24) is 5.32 Å². The number of nitro groups is 1. The summed E-state index contributed by atoms with van der Waals surface area (Å²) >= 11 is 0. The Morgan fingerprint density at radius 1 is 1.56 bits per heavy atom. The Labute approximate surface area is 102 Å². The third-order valence-electron chi connectivity index (χ3n) is 2.85. The van der Waals surface area contributed by atoms with E-state index in [2.05, 4.69) is 10.6 Å². The Bertz CT molecular complexity index is 486. The maximum Gasteiger partial charge on any atom is 0.272 e. The number of non-ortho nitro benzene ring substituents is 1. The molecule has 1 aromatic carbocycles. The van der Waals surface area contributed by atoms with Crippen LogP contribution < -0.4 is 10.6 Å². The lowest BCUT2D eigenvalue weighted by Gasteiger charge is -2.10. The second-order valence-corrected chi connectivity index (χ2v) is 4.10. The molecule has 1 heterocycles. The summed E-state index contributed by atoms with van der Waals surface area (Å²) in [4.78, 5) is 21.5. The molecule has 2 N–H and O–H groups in total. The fourth-order valence-corrected chi connectivity index (χ4v) is 1.83. The standard InChI is InChI=1S/C11H12FN3O3/c12-9-5-8(15(17)18)1-2-10(9)14-11(16)7-3-4-13-6-7/h1-2,5,7,13H,3-4,6H2,(H,14,16). The number of benzene rings is 1. The Hall–Kier alpha value is -2.02. The van der Waals surface area contributed by atoms with Crippen LogP contribution in [-0.4, -0.2) is 23.9 Å². The molecule has 0 aromatic heterocycles. The minimum absolute atomic E-state index is 0.0301. The van der Waals surface area contributed by atoms with Crippen LogP contribution in [-0.2, 0) is 4.79 Å². The van der Waals surface area contributed by atoms with Gasteiger partial charge < -0.3 is 10.6 Å². The van der Waals surface area contributed by atoms with Gasteiger partial charge in [0, 0.05) is 12.6 Å². The summed E-state index contributed by atoms with van der Waals surface area (Å²) in [6.45, 7) is 1.33. The average Bonchev–Trinajstić information content (AvgIpc) is 2.85. The molecular weight excluding hydrogens is 241 g/mol. The molecule has 1 unspecified atom stereocenters. The van der Waals surface area contributed by atoms with Crippen LogP contribution in [0.3, 0.4) is 0 Å². The second kappa shape index (κ2) is 5.09. The molecular formula is C11H12FN3O3. The van der Waals surface area contributed by atoms with E-state index in [1.54, 1.807) is 0 Å². The van der Waals surface area contributed by atoms with E-state index < -0.39 is 10.7 Å². The zero-order chi connectivity index (χ0) is 13.1. The molecule has 0 radical (unpaired) electrons. The fourth-order valence-electron chi connectivity index (χ4n) is 1.83. The first-order valence-electron chi connectivity index (χ1n) is 5.53. The van der Waals surface area contributed by atoms with Gasteiger partial charge in [-0.2, -0.15) is 0 Å². The smallest absolute Gasteiger partial charge is 0.272 e. The summed E-state index contributed by atoms with van der Waals surface area (Å²) in [5.41, 5.74) is -0.370. The van der Waals surface area contributed by atoms with Crippen LogP contribution in [0.15, 0.2) is 18.2 Å². The molecule has 1 aliphatic heterocycles. The van der Waals surface area contributed by atoms with Crippen molar-refractivity contribution in [2.24, 2.45) is 5.92 Å². The molecule has 1 atom stereocenters. The van der Waals surface area contributed by atoms with Gasteiger partial charge in [0.2, 0.25) is 5.91 Å². The van der Waals surface area contributed by atoms with E-state index in [4.69, 9.17) is 0 Å². The van der Waals surface area contributed by atoms with Gasteiger partial charge in [-0.15, -0.1) is 0 Å². The highest BCUT2D eigenvalue weighted by molar-refractivity contribution is 5.93. The van der Waals surface area contributed by atoms with Crippen molar-refractivity contribution in [1.29, 1.82) is 0 Å². The highest BCUT2D eigenvalue weighted by atomic mass is 19.1. The topological polar surface area (TPSA) is 84.3 Å². The van der Waals surface area contributed by atoms with Crippen LogP contribution in [0.2, 0.25) is 0 Å². The first-order chi connectivity index (χ1) is 8.58. The summed E-state index contributed by atoms with van der Waals surface area (Å²) in [5.74, 6) is -1.25. The highest BCUT2D eigenvalue weighted by Crippen LogP contribution is 2.21. The third kappa shape index (κ3) is 2.62. The number of carbonyl (C=O) groups excluding carboxylic acids is 1.